The molecule has 0 aromatic carbocycles. The summed E-state index contributed by atoms with van der Waals surface area (Å²) in [7, 11) is -3.35. The summed E-state index contributed by atoms with van der Waals surface area (Å²) >= 11 is 0. The Hall–Kier alpha value is -0.740. The highest BCUT2D eigenvalue weighted by molar-refractivity contribution is 7.88. The predicted molar refractivity (Wildman–Crippen MR) is 97.3 cm³/mol. The van der Waals surface area contributed by atoms with Gasteiger partial charge in [-0.3, -0.25) is 9.69 Å². The first-order valence-corrected chi connectivity index (χ1v) is 11.4. The van der Waals surface area contributed by atoms with E-state index < -0.39 is 16.1 Å². The highest BCUT2D eigenvalue weighted by Crippen LogP contribution is 2.31. The van der Waals surface area contributed by atoms with Crippen molar-refractivity contribution in [2.75, 3.05) is 65.4 Å². The molecule has 1 amide bonds. The summed E-state index contributed by atoms with van der Waals surface area (Å²) in [4.78, 5) is 15.1. The highest BCUT2D eigenvalue weighted by atomic mass is 32.2. The summed E-state index contributed by atoms with van der Waals surface area (Å²) in [6.07, 6.45) is 4.32. The number of nitrogens with zero attached hydrogens (tertiary/aromatic N) is 2. The topological polar surface area (TPSA) is 88.2 Å². The van der Waals surface area contributed by atoms with Crippen LogP contribution in [0.5, 0.6) is 0 Å². The van der Waals surface area contributed by atoms with Gasteiger partial charge < -0.3 is 14.8 Å². The standard InChI is InChI=1S/C17H31N3O5S/c1-26(22,23)20-6-2-3-15(20)16(21)18-13-17(4-9-24-10-5-17)14-19-7-11-25-12-8-19/h15H,2-14H2,1H3,(H,18,21). The second kappa shape index (κ2) is 8.52. The number of ether oxygens (including phenoxy) is 2. The zero-order valence-electron chi connectivity index (χ0n) is 15.6. The second-order valence-corrected chi connectivity index (χ2v) is 9.69. The van der Waals surface area contributed by atoms with Crippen molar-refractivity contribution in [2.24, 2.45) is 5.41 Å². The Morgan fingerprint density at radius 1 is 1.12 bits per heavy atom. The molecule has 3 rings (SSSR count). The van der Waals surface area contributed by atoms with Gasteiger partial charge in [-0.1, -0.05) is 0 Å². The SMILES string of the molecule is CS(=O)(=O)N1CCCC1C(=O)NCC1(CN2CCOCC2)CCOCC1. The Balaban J connectivity index is 1.61. The number of rotatable bonds is 6. The lowest BCUT2D eigenvalue weighted by Gasteiger charge is -2.42. The molecular weight excluding hydrogens is 358 g/mol. The first-order chi connectivity index (χ1) is 12.4. The fraction of sp³-hybridized carbons (Fsp3) is 0.941. The van der Waals surface area contributed by atoms with Gasteiger partial charge in [-0.05, 0) is 25.7 Å². The van der Waals surface area contributed by atoms with E-state index in [1.807, 2.05) is 0 Å². The Kier molecular flexibility index (Phi) is 6.55. The van der Waals surface area contributed by atoms with Crippen LogP contribution in [-0.2, 0) is 24.3 Å². The molecule has 0 aromatic rings. The highest BCUT2D eigenvalue weighted by Gasteiger charge is 2.39. The summed E-state index contributed by atoms with van der Waals surface area (Å²) in [5.74, 6) is -0.166. The van der Waals surface area contributed by atoms with E-state index in [-0.39, 0.29) is 11.3 Å². The number of morpholine rings is 1. The van der Waals surface area contributed by atoms with E-state index >= 15 is 0 Å². The number of hydrogen-bond donors (Lipinski definition) is 1. The smallest absolute Gasteiger partial charge is 0.238 e. The molecule has 3 aliphatic rings. The van der Waals surface area contributed by atoms with Gasteiger partial charge in [-0.25, -0.2) is 8.42 Å². The van der Waals surface area contributed by atoms with Crippen molar-refractivity contribution in [2.45, 2.75) is 31.7 Å². The minimum Gasteiger partial charge on any atom is -0.381 e. The van der Waals surface area contributed by atoms with E-state index in [9.17, 15) is 13.2 Å². The van der Waals surface area contributed by atoms with Crippen LogP contribution in [-0.4, -0.2) is 95.0 Å². The zero-order chi connectivity index (χ0) is 18.6. The molecule has 3 fully saturated rings. The van der Waals surface area contributed by atoms with Crippen molar-refractivity contribution in [3.05, 3.63) is 0 Å². The molecule has 8 nitrogen and oxygen atoms in total. The Morgan fingerprint density at radius 3 is 2.42 bits per heavy atom. The molecule has 0 radical (unpaired) electrons. The van der Waals surface area contributed by atoms with Crippen LogP contribution in [0.1, 0.15) is 25.7 Å². The van der Waals surface area contributed by atoms with Gasteiger partial charge in [0.25, 0.3) is 0 Å². The van der Waals surface area contributed by atoms with E-state index in [4.69, 9.17) is 9.47 Å². The monoisotopic (exact) mass is 389 g/mol. The second-order valence-electron chi connectivity index (χ2n) is 7.75. The van der Waals surface area contributed by atoms with Gasteiger partial charge in [0.1, 0.15) is 6.04 Å². The Bertz CT molecular complexity index is 585. The molecule has 150 valence electrons. The molecule has 0 bridgehead atoms. The van der Waals surface area contributed by atoms with E-state index in [2.05, 4.69) is 10.2 Å². The number of sulfonamides is 1. The molecule has 1 N–H and O–H groups in total. The van der Waals surface area contributed by atoms with Crippen molar-refractivity contribution in [3.63, 3.8) is 0 Å². The van der Waals surface area contributed by atoms with Gasteiger partial charge in [-0.15, -0.1) is 0 Å². The lowest BCUT2D eigenvalue weighted by atomic mass is 9.79. The summed E-state index contributed by atoms with van der Waals surface area (Å²) in [6.45, 7) is 6.68. The maximum Gasteiger partial charge on any atom is 0.238 e. The van der Waals surface area contributed by atoms with Crippen LogP contribution in [0.2, 0.25) is 0 Å². The van der Waals surface area contributed by atoms with Crippen LogP contribution >= 0.6 is 0 Å². The third-order valence-electron chi connectivity index (χ3n) is 5.79. The van der Waals surface area contributed by atoms with Gasteiger partial charge in [0.2, 0.25) is 15.9 Å². The zero-order valence-corrected chi connectivity index (χ0v) is 16.4. The first-order valence-electron chi connectivity index (χ1n) is 9.52. The van der Waals surface area contributed by atoms with Crippen molar-refractivity contribution >= 4 is 15.9 Å². The summed E-state index contributed by atoms with van der Waals surface area (Å²) in [6, 6.07) is -0.565. The Morgan fingerprint density at radius 2 is 1.77 bits per heavy atom. The van der Waals surface area contributed by atoms with Gasteiger partial charge in [-0.2, -0.15) is 4.31 Å². The predicted octanol–water partition coefficient (Wildman–Crippen LogP) is -0.344. The van der Waals surface area contributed by atoms with Gasteiger partial charge >= 0.3 is 0 Å². The van der Waals surface area contributed by atoms with Crippen molar-refractivity contribution < 1.29 is 22.7 Å². The lowest BCUT2D eigenvalue weighted by Crippen LogP contribution is -2.53. The van der Waals surface area contributed by atoms with Crippen LogP contribution in [0, 0.1) is 5.41 Å². The summed E-state index contributed by atoms with van der Waals surface area (Å²) in [5, 5.41) is 3.07. The fourth-order valence-electron chi connectivity index (χ4n) is 4.22. The first kappa shape index (κ1) is 20.0. The maximum atomic E-state index is 12.7. The molecule has 26 heavy (non-hydrogen) atoms. The third-order valence-corrected chi connectivity index (χ3v) is 7.08. The normalized spacial score (nSPS) is 28.1. The third kappa shape index (κ3) is 4.95. The number of carbonyl (C=O) groups is 1. The number of carbonyl (C=O) groups excluding carboxylic acids is 1. The van der Waals surface area contributed by atoms with E-state index in [0.717, 1.165) is 52.1 Å². The number of nitrogens with one attached hydrogen (secondary N) is 1. The molecule has 3 aliphatic heterocycles. The van der Waals surface area contributed by atoms with Crippen molar-refractivity contribution in [1.82, 2.24) is 14.5 Å². The quantitative estimate of drug-likeness (QED) is 0.668. The molecule has 3 heterocycles. The van der Waals surface area contributed by atoms with Crippen LogP contribution in [0.25, 0.3) is 0 Å². The molecule has 1 atom stereocenters. The van der Waals surface area contributed by atoms with Crippen LogP contribution < -0.4 is 5.32 Å². The fourth-order valence-corrected chi connectivity index (χ4v) is 5.34. The van der Waals surface area contributed by atoms with Crippen LogP contribution in [0.4, 0.5) is 0 Å². The molecule has 0 aromatic heterocycles. The lowest BCUT2D eigenvalue weighted by molar-refractivity contribution is -0.125. The average molecular weight is 390 g/mol. The average Bonchev–Trinajstić information content (AvgIpc) is 3.12. The van der Waals surface area contributed by atoms with Crippen LogP contribution in [0.3, 0.4) is 0 Å². The van der Waals surface area contributed by atoms with E-state index in [1.54, 1.807) is 0 Å². The van der Waals surface area contributed by atoms with Crippen molar-refractivity contribution in [1.29, 1.82) is 0 Å². The summed E-state index contributed by atoms with van der Waals surface area (Å²) in [5.41, 5.74) is -0.0141. The molecule has 0 aliphatic carbocycles. The van der Waals surface area contributed by atoms with Gasteiger partial charge in [0.15, 0.2) is 0 Å². The van der Waals surface area contributed by atoms with E-state index in [0.29, 0.717) is 32.7 Å². The maximum absolute atomic E-state index is 12.7. The minimum atomic E-state index is -3.35. The number of hydrogen-bond acceptors (Lipinski definition) is 6. The molecule has 0 spiro atoms. The molecule has 3 saturated heterocycles. The van der Waals surface area contributed by atoms with Gasteiger partial charge in [0.05, 0.1) is 19.5 Å². The molecular formula is C17H31N3O5S. The Labute approximate surface area is 156 Å². The van der Waals surface area contributed by atoms with Gasteiger partial charge in [0, 0.05) is 51.4 Å². The van der Waals surface area contributed by atoms with Crippen LogP contribution in [0.15, 0.2) is 0 Å². The largest absolute Gasteiger partial charge is 0.381 e. The van der Waals surface area contributed by atoms with Crippen molar-refractivity contribution in [3.8, 4) is 0 Å². The molecule has 9 heteroatoms. The minimum absolute atomic E-state index is 0.0141. The molecule has 0 saturated carbocycles. The van der Waals surface area contributed by atoms with E-state index in [1.165, 1.54) is 10.6 Å². The number of amides is 1. The molecule has 1 unspecified atom stereocenters. The summed E-state index contributed by atoms with van der Waals surface area (Å²) < 4.78 is 36.1.